The molecule has 0 aliphatic carbocycles. The molecule has 0 fully saturated rings. The van der Waals surface area contributed by atoms with Gasteiger partial charge in [0.15, 0.2) is 0 Å². The van der Waals surface area contributed by atoms with E-state index in [-0.39, 0.29) is 5.91 Å². The first-order valence-corrected chi connectivity index (χ1v) is 5.79. The molecule has 0 aliphatic rings. The van der Waals surface area contributed by atoms with E-state index in [1.807, 2.05) is 7.05 Å². The van der Waals surface area contributed by atoms with Crippen molar-refractivity contribution in [3.05, 3.63) is 18.2 Å². The van der Waals surface area contributed by atoms with Crippen LogP contribution in [0.5, 0.6) is 0 Å². The summed E-state index contributed by atoms with van der Waals surface area (Å²) < 4.78 is 1.77. The quantitative estimate of drug-likeness (QED) is 0.783. The maximum Gasteiger partial charge on any atom is 0.273 e. The summed E-state index contributed by atoms with van der Waals surface area (Å²) in [7, 11) is 3.65. The van der Waals surface area contributed by atoms with Gasteiger partial charge in [-0.05, 0) is 6.42 Å². The van der Waals surface area contributed by atoms with Crippen LogP contribution in [0.1, 0.15) is 23.8 Å². The number of amides is 1. The van der Waals surface area contributed by atoms with E-state index in [4.69, 9.17) is 0 Å². The molecule has 15 heavy (non-hydrogen) atoms. The number of aromatic nitrogens is 2. The predicted molar refractivity (Wildman–Crippen MR) is 63.2 cm³/mol. The molecule has 1 rings (SSSR count). The molecule has 0 aromatic carbocycles. The number of alkyl halides is 1. The molecule has 1 amide bonds. The average Bonchev–Trinajstić information content (AvgIpc) is 2.60. The predicted octanol–water partition coefficient (Wildman–Crippen LogP) is 1.67. The maximum absolute atomic E-state index is 11.8. The normalized spacial score (nSPS) is 12.5. The summed E-state index contributed by atoms with van der Waals surface area (Å²) in [5.74, 6) is -0.0243. The molecule has 1 heterocycles. The fraction of sp³-hybridized carbons (Fsp3) is 0.600. The van der Waals surface area contributed by atoms with Crippen LogP contribution in [0.3, 0.4) is 0 Å². The SMILES string of the molecule is CC(Br)CCN(C)C(=O)c1cn(C)cn1. The number of imidazole rings is 1. The molecule has 5 heteroatoms. The number of hydrogen-bond acceptors (Lipinski definition) is 2. The molecule has 0 aliphatic heterocycles. The summed E-state index contributed by atoms with van der Waals surface area (Å²) in [6.45, 7) is 2.81. The van der Waals surface area contributed by atoms with Gasteiger partial charge in [-0.25, -0.2) is 4.98 Å². The Hall–Kier alpha value is -0.840. The third kappa shape index (κ3) is 3.66. The van der Waals surface area contributed by atoms with Crippen LogP contribution in [-0.4, -0.2) is 38.8 Å². The van der Waals surface area contributed by atoms with Crippen LogP contribution >= 0.6 is 15.9 Å². The van der Waals surface area contributed by atoms with Crippen LogP contribution in [0.2, 0.25) is 0 Å². The van der Waals surface area contributed by atoms with Crippen LogP contribution in [0, 0.1) is 0 Å². The molecule has 0 saturated heterocycles. The lowest BCUT2D eigenvalue weighted by Gasteiger charge is -2.16. The lowest BCUT2D eigenvalue weighted by atomic mass is 10.3. The third-order valence-electron chi connectivity index (χ3n) is 2.13. The smallest absolute Gasteiger partial charge is 0.273 e. The van der Waals surface area contributed by atoms with Crippen molar-refractivity contribution < 1.29 is 4.79 Å². The first-order valence-electron chi connectivity index (χ1n) is 4.88. The average molecular weight is 274 g/mol. The van der Waals surface area contributed by atoms with Gasteiger partial charge in [0.2, 0.25) is 0 Å². The van der Waals surface area contributed by atoms with E-state index < -0.39 is 0 Å². The third-order valence-corrected chi connectivity index (χ3v) is 2.59. The summed E-state index contributed by atoms with van der Waals surface area (Å²) in [6.07, 6.45) is 4.31. The van der Waals surface area contributed by atoms with Gasteiger partial charge >= 0.3 is 0 Å². The fourth-order valence-corrected chi connectivity index (χ4v) is 1.40. The zero-order chi connectivity index (χ0) is 11.4. The molecule has 0 spiro atoms. The Morgan fingerprint density at radius 1 is 1.73 bits per heavy atom. The topological polar surface area (TPSA) is 38.1 Å². The zero-order valence-corrected chi connectivity index (χ0v) is 10.9. The molecule has 1 atom stereocenters. The van der Waals surface area contributed by atoms with E-state index in [1.54, 1.807) is 29.0 Å². The highest BCUT2D eigenvalue weighted by atomic mass is 79.9. The standard InChI is InChI=1S/C10H16BrN3O/c1-8(11)4-5-14(3)10(15)9-6-13(2)7-12-9/h6-8H,4-5H2,1-3H3. The minimum absolute atomic E-state index is 0.0243. The first kappa shape index (κ1) is 12.2. The van der Waals surface area contributed by atoms with Crippen molar-refractivity contribution in [1.29, 1.82) is 0 Å². The van der Waals surface area contributed by atoms with Crippen molar-refractivity contribution >= 4 is 21.8 Å². The summed E-state index contributed by atoms with van der Waals surface area (Å²) in [5.41, 5.74) is 0.502. The summed E-state index contributed by atoms with van der Waals surface area (Å²) in [6, 6.07) is 0. The Morgan fingerprint density at radius 2 is 2.40 bits per heavy atom. The minimum atomic E-state index is -0.0243. The highest BCUT2D eigenvalue weighted by molar-refractivity contribution is 9.09. The highest BCUT2D eigenvalue weighted by Crippen LogP contribution is 2.06. The molecule has 0 saturated carbocycles. The van der Waals surface area contributed by atoms with Gasteiger partial charge in [-0.1, -0.05) is 22.9 Å². The van der Waals surface area contributed by atoms with Gasteiger partial charge in [0.05, 0.1) is 6.33 Å². The Bertz CT molecular complexity index is 335. The Kier molecular flexibility index (Phi) is 4.32. The van der Waals surface area contributed by atoms with Crippen molar-refractivity contribution in [3.63, 3.8) is 0 Å². The van der Waals surface area contributed by atoms with Gasteiger partial charge in [-0.2, -0.15) is 0 Å². The van der Waals surface area contributed by atoms with E-state index in [1.165, 1.54) is 0 Å². The van der Waals surface area contributed by atoms with E-state index in [9.17, 15) is 4.79 Å². The van der Waals surface area contributed by atoms with Gasteiger partial charge in [0.25, 0.3) is 5.91 Å². The first-order chi connectivity index (χ1) is 7.00. The van der Waals surface area contributed by atoms with Crippen LogP contribution < -0.4 is 0 Å². The molecule has 1 aromatic rings. The van der Waals surface area contributed by atoms with E-state index in [0.29, 0.717) is 10.5 Å². The number of nitrogens with zero attached hydrogens (tertiary/aromatic N) is 3. The second-order valence-corrected chi connectivity index (χ2v) is 5.28. The van der Waals surface area contributed by atoms with Crippen molar-refractivity contribution in [2.75, 3.05) is 13.6 Å². The Labute approximate surface area is 98.4 Å². The van der Waals surface area contributed by atoms with Crippen LogP contribution in [0.15, 0.2) is 12.5 Å². The summed E-state index contributed by atoms with van der Waals surface area (Å²) in [4.78, 5) is 18.0. The van der Waals surface area contributed by atoms with Gasteiger partial charge in [-0.15, -0.1) is 0 Å². The second kappa shape index (κ2) is 5.30. The summed E-state index contributed by atoms with van der Waals surface area (Å²) >= 11 is 3.45. The van der Waals surface area contributed by atoms with Crippen molar-refractivity contribution in [2.24, 2.45) is 7.05 Å². The number of hydrogen-bond donors (Lipinski definition) is 0. The van der Waals surface area contributed by atoms with E-state index in [0.717, 1.165) is 13.0 Å². The monoisotopic (exact) mass is 273 g/mol. The highest BCUT2D eigenvalue weighted by Gasteiger charge is 2.14. The van der Waals surface area contributed by atoms with Crippen molar-refractivity contribution in [3.8, 4) is 0 Å². The van der Waals surface area contributed by atoms with Gasteiger partial charge in [0, 0.05) is 31.7 Å². The summed E-state index contributed by atoms with van der Waals surface area (Å²) in [5, 5.41) is 0. The van der Waals surface area contributed by atoms with Gasteiger partial charge < -0.3 is 9.47 Å². The van der Waals surface area contributed by atoms with Gasteiger partial charge in [-0.3, -0.25) is 4.79 Å². The minimum Gasteiger partial charge on any atom is -0.340 e. The Balaban J connectivity index is 2.53. The molecule has 0 N–H and O–H groups in total. The Morgan fingerprint density at radius 3 is 2.87 bits per heavy atom. The van der Waals surface area contributed by atoms with E-state index >= 15 is 0 Å². The number of halogens is 1. The van der Waals surface area contributed by atoms with Gasteiger partial charge in [0.1, 0.15) is 5.69 Å². The number of rotatable bonds is 4. The zero-order valence-electron chi connectivity index (χ0n) is 9.27. The largest absolute Gasteiger partial charge is 0.340 e. The number of aryl methyl sites for hydroxylation is 1. The lowest BCUT2D eigenvalue weighted by molar-refractivity contribution is 0.0788. The molecule has 1 aromatic heterocycles. The molecular formula is C10H16BrN3O. The molecule has 1 unspecified atom stereocenters. The number of carbonyl (C=O) groups is 1. The molecule has 4 nitrogen and oxygen atoms in total. The maximum atomic E-state index is 11.8. The molecule has 0 radical (unpaired) electrons. The number of carbonyl (C=O) groups excluding carboxylic acids is 1. The van der Waals surface area contributed by atoms with Crippen LogP contribution in [0.25, 0.3) is 0 Å². The molecular weight excluding hydrogens is 258 g/mol. The van der Waals surface area contributed by atoms with Crippen molar-refractivity contribution in [2.45, 2.75) is 18.2 Å². The van der Waals surface area contributed by atoms with Crippen molar-refractivity contribution in [1.82, 2.24) is 14.5 Å². The molecule has 84 valence electrons. The fourth-order valence-electron chi connectivity index (χ4n) is 1.19. The second-order valence-electron chi connectivity index (χ2n) is 3.72. The molecule has 0 bridgehead atoms. The lowest BCUT2D eigenvalue weighted by Crippen LogP contribution is -2.29. The van der Waals surface area contributed by atoms with Crippen LogP contribution in [-0.2, 0) is 7.05 Å². The van der Waals surface area contributed by atoms with Crippen LogP contribution in [0.4, 0.5) is 0 Å². The van der Waals surface area contributed by atoms with E-state index in [2.05, 4.69) is 27.8 Å².